The zero-order valence-electron chi connectivity index (χ0n) is 15.2. The smallest absolute Gasteiger partial charge is 0.288 e. The van der Waals surface area contributed by atoms with Crippen molar-refractivity contribution < 1.29 is 9.72 Å². The van der Waals surface area contributed by atoms with E-state index in [-0.39, 0.29) is 16.3 Å². The SMILES string of the molecule is Cc1nc(NC(=O)c2ccc(Cl)c([N+](=O)[O-])c2)sc1CN1CCC(C)CC1. The quantitative estimate of drug-likeness (QED) is 0.581. The third kappa shape index (κ3) is 4.82. The van der Waals surface area contributed by atoms with E-state index in [0.717, 1.165) is 36.1 Å². The maximum absolute atomic E-state index is 12.4. The van der Waals surface area contributed by atoms with Crippen molar-refractivity contribution in [3.8, 4) is 0 Å². The summed E-state index contributed by atoms with van der Waals surface area (Å²) < 4.78 is 0. The molecular weight excluding hydrogens is 388 g/mol. The number of amides is 1. The minimum absolute atomic E-state index is 0.000204. The molecule has 0 saturated carbocycles. The van der Waals surface area contributed by atoms with E-state index in [1.807, 2.05) is 6.92 Å². The Bertz CT molecular complexity index is 862. The minimum Gasteiger partial charge on any atom is -0.298 e. The molecule has 144 valence electrons. The molecule has 1 N–H and O–H groups in total. The number of hydrogen-bond donors (Lipinski definition) is 1. The second kappa shape index (κ2) is 8.33. The van der Waals surface area contributed by atoms with Crippen molar-refractivity contribution in [2.45, 2.75) is 33.2 Å². The number of carbonyl (C=O) groups excluding carboxylic acids is 1. The third-order valence-corrected chi connectivity index (χ3v) is 6.14. The van der Waals surface area contributed by atoms with E-state index in [2.05, 4.69) is 22.1 Å². The molecule has 9 heteroatoms. The highest BCUT2D eigenvalue weighted by Gasteiger charge is 2.20. The fourth-order valence-corrected chi connectivity index (χ4v) is 4.20. The number of halogens is 1. The molecule has 0 unspecified atom stereocenters. The summed E-state index contributed by atoms with van der Waals surface area (Å²) in [4.78, 5) is 30.8. The molecule has 1 aromatic carbocycles. The molecule has 0 radical (unpaired) electrons. The van der Waals surface area contributed by atoms with Gasteiger partial charge in [-0.25, -0.2) is 4.98 Å². The molecule has 2 aromatic rings. The van der Waals surface area contributed by atoms with Crippen molar-refractivity contribution in [3.63, 3.8) is 0 Å². The molecule has 1 amide bonds. The number of thiazole rings is 1. The highest BCUT2D eigenvalue weighted by molar-refractivity contribution is 7.15. The van der Waals surface area contributed by atoms with Gasteiger partial charge >= 0.3 is 0 Å². The molecule has 3 rings (SSSR count). The molecule has 2 heterocycles. The lowest BCUT2D eigenvalue weighted by Gasteiger charge is -2.29. The fraction of sp³-hybridized carbons (Fsp3) is 0.444. The zero-order valence-corrected chi connectivity index (χ0v) is 16.8. The summed E-state index contributed by atoms with van der Waals surface area (Å²) in [6, 6.07) is 3.99. The molecule has 1 aromatic heterocycles. The Morgan fingerprint density at radius 1 is 1.44 bits per heavy atom. The lowest BCUT2D eigenvalue weighted by molar-refractivity contribution is -0.384. The highest BCUT2D eigenvalue weighted by atomic mass is 35.5. The first-order valence-electron chi connectivity index (χ1n) is 8.77. The molecule has 0 bridgehead atoms. The van der Waals surface area contributed by atoms with Crippen LogP contribution in [0.5, 0.6) is 0 Å². The average molecular weight is 409 g/mol. The Hall–Kier alpha value is -2.03. The van der Waals surface area contributed by atoms with E-state index in [1.54, 1.807) is 0 Å². The number of nitrogens with one attached hydrogen (secondary N) is 1. The molecule has 1 aliphatic heterocycles. The molecule has 1 fully saturated rings. The summed E-state index contributed by atoms with van der Waals surface area (Å²) in [7, 11) is 0. The van der Waals surface area contributed by atoms with Gasteiger partial charge in [-0.2, -0.15) is 0 Å². The molecule has 0 atom stereocenters. The van der Waals surface area contributed by atoms with E-state index in [0.29, 0.717) is 5.13 Å². The molecule has 27 heavy (non-hydrogen) atoms. The second-order valence-corrected chi connectivity index (χ2v) is 8.35. The van der Waals surface area contributed by atoms with E-state index in [1.165, 1.54) is 42.4 Å². The Morgan fingerprint density at radius 3 is 2.81 bits per heavy atom. The van der Waals surface area contributed by atoms with Crippen molar-refractivity contribution in [3.05, 3.63) is 49.5 Å². The van der Waals surface area contributed by atoms with Crippen LogP contribution in [0.3, 0.4) is 0 Å². The molecule has 0 aliphatic carbocycles. The number of hydrogen-bond acceptors (Lipinski definition) is 6. The summed E-state index contributed by atoms with van der Waals surface area (Å²) in [5.41, 5.74) is 0.779. The summed E-state index contributed by atoms with van der Waals surface area (Å²) >= 11 is 7.24. The predicted octanol–water partition coefficient (Wildman–Crippen LogP) is 4.50. The maximum atomic E-state index is 12.4. The topological polar surface area (TPSA) is 88.4 Å². The first-order chi connectivity index (χ1) is 12.8. The minimum atomic E-state index is -0.607. The van der Waals surface area contributed by atoms with Gasteiger partial charge in [0.2, 0.25) is 0 Å². The lowest BCUT2D eigenvalue weighted by atomic mass is 9.99. The Labute approximate surface area is 166 Å². The number of piperidine rings is 1. The standard InChI is InChI=1S/C18H21ClN4O3S/c1-11-5-7-22(8-6-11)10-16-12(2)20-18(27-16)21-17(24)13-3-4-14(19)15(9-13)23(25)26/h3-4,9,11H,5-8,10H2,1-2H3,(H,20,21,24). The van der Waals surface area contributed by atoms with Crippen LogP contribution in [-0.4, -0.2) is 33.8 Å². The van der Waals surface area contributed by atoms with Gasteiger partial charge in [0, 0.05) is 23.1 Å². The number of nitro benzene ring substituents is 1. The average Bonchev–Trinajstić information content (AvgIpc) is 2.96. The number of aryl methyl sites for hydroxylation is 1. The number of carbonyl (C=O) groups is 1. The Morgan fingerprint density at radius 2 is 2.15 bits per heavy atom. The number of benzene rings is 1. The number of rotatable bonds is 5. The summed E-state index contributed by atoms with van der Waals surface area (Å²) in [5.74, 6) is 0.337. The molecule has 1 aliphatic rings. The van der Waals surface area contributed by atoms with Crippen molar-refractivity contribution >= 4 is 39.7 Å². The van der Waals surface area contributed by atoms with Crippen LogP contribution in [0.25, 0.3) is 0 Å². The van der Waals surface area contributed by atoms with Crippen molar-refractivity contribution in [2.24, 2.45) is 5.92 Å². The lowest BCUT2D eigenvalue weighted by Crippen LogP contribution is -2.32. The molecule has 7 nitrogen and oxygen atoms in total. The van der Waals surface area contributed by atoms with Gasteiger partial charge in [-0.15, -0.1) is 11.3 Å². The summed E-state index contributed by atoms with van der Waals surface area (Å²) in [5, 5.41) is 14.2. The summed E-state index contributed by atoms with van der Waals surface area (Å²) in [6.45, 7) is 7.20. The van der Waals surface area contributed by atoms with Gasteiger partial charge in [0.15, 0.2) is 5.13 Å². The highest BCUT2D eigenvalue weighted by Crippen LogP contribution is 2.28. The van der Waals surface area contributed by atoms with E-state index >= 15 is 0 Å². The maximum Gasteiger partial charge on any atom is 0.288 e. The van der Waals surface area contributed by atoms with E-state index < -0.39 is 10.8 Å². The van der Waals surface area contributed by atoms with Crippen molar-refractivity contribution in [2.75, 3.05) is 18.4 Å². The number of likely N-dealkylation sites (tertiary alicyclic amines) is 1. The van der Waals surface area contributed by atoms with Crippen LogP contribution in [0, 0.1) is 23.0 Å². The zero-order chi connectivity index (χ0) is 19.6. The van der Waals surface area contributed by atoms with E-state index in [9.17, 15) is 14.9 Å². The van der Waals surface area contributed by atoms with Crippen molar-refractivity contribution in [1.29, 1.82) is 0 Å². The normalized spacial score (nSPS) is 15.7. The van der Waals surface area contributed by atoms with Gasteiger partial charge in [-0.3, -0.25) is 25.1 Å². The predicted molar refractivity (Wildman–Crippen MR) is 107 cm³/mol. The second-order valence-electron chi connectivity index (χ2n) is 6.86. The van der Waals surface area contributed by atoms with Crippen molar-refractivity contribution in [1.82, 2.24) is 9.88 Å². The van der Waals surface area contributed by atoms with Crippen LogP contribution in [0.4, 0.5) is 10.8 Å². The van der Waals surface area contributed by atoms with Crippen LogP contribution in [0.2, 0.25) is 5.02 Å². The Kier molecular flexibility index (Phi) is 6.08. The molecular formula is C18H21ClN4O3S. The number of anilines is 1. The fourth-order valence-electron chi connectivity index (χ4n) is 3.01. The first-order valence-corrected chi connectivity index (χ1v) is 9.97. The van der Waals surface area contributed by atoms with Crippen LogP contribution in [0.1, 0.15) is 40.7 Å². The number of nitrogens with zero attached hydrogens (tertiary/aromatic N) is 3. The largest absolute Gasteiger partial charge is 0.298 e. The van der Waals surface area contributed by atoms with Gasteiger partial charge in [-0.05, 0) is 50.9 Å². The van der Waals surface area contributed by atoms with Gasteiger partial charge in [0.1, 0.15) is 5.02 Å². The van der Waals surface area contributed by atoms with Gasteiger partial charge in [0.25, 0.3) is 11.6 Å². The first kappa shape index (κ1) is 19.7. The van der Waals surface area contributed by atoms with Crippen LogP contribution >= 0.6 is 22.9 Å². The molecule has 1 saturated heterocycles. The summed E-state index contributed by atoms with van der Waals surface area (Å²) in [6.07, 6.45) is 2.41. The van der Waals surface area contributed by atoms with Gasteiger partial charge in [-0.1, -0.05) is 18.5 Å². The monoisotopic (exact) mass is 408 g/mol. The van der Waals surface area contributed by atoms with E-state index in [4.69, 9.17) is 11.6 Å². The van der Waals surface area contributed by atoms with Crippen LogP contribution in [0.15, 0.2) is 18.2 Å². The molecule has 0 spiro atoms. The third-order valence-electron chi connectivity index (χ3n) is 4.76. The van der Waals surface area contributed by atoms with Gasteiger partial charge < -0.3 is 0 Å². The van der Waals surface area contributed by atoms with Crippen LogP contribution in [-0.2, 0) is 6.54 Å². The Balaban J connectivity index is 1.68. The number of aromatic nitrogens is 1. The van der Waals surface area contributed by atoms with Gasteiger partial charge in [0.05, 0.1) is 10.6 Å². The van der Waals surface area contributed by atoms with Crippen LogP contribution < -0.4 is 5.32 Å². The number of nitro groups is 1.